The van der Waals surface area contributed by atoms with E-state index in [1.807, 2.05) is 0 Å². The molecule has 0 aliphatic carbocycles. The van der Waals surface area contributed by atoms with Crippen LogP contribution in [-0.4, -0.2) is 37.3 Å². The zero-order valence-electron chi connectivity index (χ0n) is 13.1. The Bertz CT molecular complexity index is 878. The number of hydrogen-bond acceptors (Lipinski definition) is 4. The van der Waals surface area contributed by atoms with Crippen molar-refractivity contribution in [2.24, 2.45) is 14.1 Å². The third-order valence-corrected chi connectivity index (χ3v) is 3.51. The first-order valence-corrected chi connectivity index (χ1v) is 7.06. The highest BCUT2D eigenvalue weighted by Crippen LogP contribution is 2.12. The molecule has 0 spiro atoms. The molecule has 0 atom stereocenters. The molecule has 0 radical (unpaired) electrons. The van der Waals surface area contributed by atoms with Crippen LogP contribution in [0.25, 0.3) is 11.2 Å². The molecule has 11 heteroatoms. The summed E-state index contributed by atoms with van der Waals surface area (Å²) < 4.78 is 39.6. The van der Waals surface area contributed by atoms with Gasteiger partial charge in [-0.1, -0.05) is 0 Å². The van der Waals surface area contributed by atoms with Crippen LogP contribution in [0.2, 0.25) is 0 Å². The summed E-state index contributed by atoms with van der Waals surface area (Å²) in [5.74, 6) is -0.725. The first-order chi connectivity index (χ1) is 11.1. The van der Waals surface area contributed by atoms with Gasteiger partial charge in [0.05, 0.1) is 6.33 Å². The number of fused-ring (bicyclic) bond motifs is 1. The van der Waals surface area contributed by atoms with Crippen molar-refractivity contribution in [1.29, 1.82) is 0 Å². The monoisotopic (exact) mass is 347 g/mol. The van der Waals surface area contributed by atoms with Crippen LogP contribution in [0.15, 0.2) is 15.9 Å². The Morgan fingerprint density at radius 3 is 2.54 bits per heavy atom. The average Bonchev–Trinajstić information content (AvgIpc) is 2.92. The van der Waals surface area contributed by atoms with E-state index in [-0.39, 0.29) is 30.6 Å². The van der Waals surface area contributed by atoms with Gasteiger partial charge in [-0.05, 0) is 6.42 Å². The van der Waals surface area contributed by atoms with Gasteiger partial charge >= 0.3 is 11.9 Å². The van der Waals surface area contributed by atoms with E-state index in [9.17, 15) is 27.6 Å². The van der Waals surface area contributed by atoms with Crippen LogP contribution in [0.4, 0.5) is 13.2 Å². The highest BCUT2D eigenvalue weighted by atomic mass is 19.4. The third kappa shape index (κ3) is 3.66. The zero-order valence-corrected chi connectivity index (χ0v) is 13.1. The number of nitrogens with one attached hydrogen (secondary N) is 1. The van der Waals surface area contributed by atoms with Crippen molar-refractivity contribution >= 4 is 17.1 Å². The summed E-state index contributed by atoms with van der Waals surface area (Å²) >= 11 is 0. The van der Waals surface area contributed by atoms with Crippen molar-refractivity contribution in [2.45, 2.75) is 25.6 Å². The largest absolute Gasteiger partial charge is 0.405 e. The maximum Gasteiger partial charge on any atom is 0.405 e. The molecule has 132 valence electrons. The second kappa shape index (κ2) is 6.49. The first kappa shape index (κ1) is 17.8. The van der Waals surface area contributed by atoms with Crippen LogP contribution in [0.1, 0.15) is 12.8 Å². The molecule has 0 fully saturated rings. The van der Waals surface area contributed by atoms with Crippen molar-refractivity contribution in [3.05, 3.63) is 27.2 Å². The summed E-state index contributed by atoms with van der Waals surface area (Å²) in [7, 11) is 2.82. The highest BCUT2D eigenvalue weighted by molar-refractivity contribution is 5.76. The van der Waals surface area contributed by atoms with Crippen LogP contribution in [-0.2, 0) is 25.4 Å². The van der Waals surface area contributed by atoms with Gasteiger partial charge in [-0.25, -0.2) is 9.78 Å². The van der Waals surface area contributed by atoms with Crippen LogP contribution in [0.3, 0.4) is 0 Å². The van der Waals surface area contributed by atoms with E-state index in [2.05, 4.69) is 4.98 Å². The summed E-state index contributed by atoms with van der Waals surface area (Å²) in [4.78, 5) is 39.3. The topological polar surface area (TPSA) is 90.9 Å². The lowest BCUT2D eigenvalue weighted by Gasteiger charge is -2.09. The Labute approximate surface area is 133 Å². The van der Waals surface area contributed by atoms with Crippen molar-refractivity contribution in [2.75, 3.05) is 6.54 Å². The fourth-order valence-corrected chi connectivity index (χ4v) is 2.26. The molecule has 0 aromatic carbocycles. The van der Waals surface area contributed by atoms with Gasteiger partial charge in [-0.15, -0.1) is 0 Å². The molecular formula is C13H16F3N5O3. The molecule has 0 saturated heterocycles. The number of aryl methyl sites for hydroxylation is 2. The molecule has 1 N–H and O–H groups in total. The predicted molar refractivity (Wildman–Crippen MR) is 78.5 cm³/mol. The number of aromatic nitrogens is 4. The predicted octanol–water partition coefficient (Wildman–Crippen LogP) is -0.108. The van der Waals surface area contributed by atoms with Crippen molar-refractivity contribution in [3.8, 4) is 0 Å². The lowest BCUT2D eigenvalue weighted by atomic mass is 10.3. The molecule has 2 heterocycles. The zero-order chi connectivity index (χ0) is 18.1. The van der Waals surface area contributed by atoms with Crippen molar-refractivity contribution < 1.29 is 18.0 Å². The molecule has 0 aliphatic rings. The fourth-order valence-electron chi connectivity index (χ4n) is 2.26. The van der Waals surface area contributed by atoms with E-state index >= 15 is 0 Å². The number of carbonyl (C=O) groups is 1. The minimum Gasteiger partial charge on any atom is -0.347 e. The van der Waals surface area contributed by atoms with Crippen LogP contribution in [0, 0.1) is 0 Å². The van der Waals surface area contributed by atoms with E-state index in [0.717, 1.165) is 4.57 Å². The molecule has 0 saturated carbocycles. The molecular weight excluding hydrogens is 331 g/mol. The second-order valence-electron chi connectivity index (χ2n) is 5.31. The maximum absolute atomic E-state index is 12.2. The van der Waals surface area contributed by atoms with Crippen LogP contribution < -0.4 is 16.6 Å². The molecule has 0 unspecified atom stereocenters. The van der Waals surface area contributed by atoms with Crippen LogP contribution in [0.5, 0.6) is 0 Å². The Kier molecular flexibility index (Phi) is 4.81. The number of nitrogens with zero attached hydrogens (tertiary/aromatic N) is 4. The van der Waals surface area contributed by atoms with Gasteiger partial charge in [0, 0.05) is 27.1 Å². The van der Waals surface area contributed by atoms with E-state index < -0.39 is 29.9 Å². The van der Waals surface area contributed by atoms with Gasteiger partial charge in [0.15, 0.2) is 11.2 Å². The van der Waals surface area contributed by atoms with Gasteiger partial charge in [0.1, 0.15) is 6.54 Å². The second-order valence-corrected chi connectivity index (χ2v) is 5.31. The fraction of sp³-hybridized carbons (Fsp3) is 0.538. The van der Waals surface area contributed by atoms with Gasteiger partial charge in [0.25, 0.3) is 5.56 Å². The minimum absolute atomic E-state index is 0.123. The standard InChI is InChI=1S/C13H16F3N5O3/c1-19-10-9(11(23)20(2)12(19)24)21(7-18-10)5-3-4-8(22)17-6-13(14,15)16/h7H,3-6H2,1-2H3,(H,17,22). The number of halogens is 3. The lowest BCUT2D eigenvalue weighted by Crippen LogP contribution is -2.37. The summed E-state index contributed by atoms with van der Waals surface area (Å²) in [6, 6.07) is 0. The maximum atomic E-state index is 12.2. The number of carbonyl (C=O) groups excluding carboxylic acids is 1. The average molecular weight is 347 g/mol. The molecule has 8 nitrogen and oxygen atoms in total. The molecule has 24 heavy (non-hydrogen) atoms. The van der Waals surface area contributed by atoms with Crippen molar-refractivity contribution in [1.82, 2.24) is 24.0 Å². The molecule has 1 amide bonds. The molecule has 0 bridgehead atoms. The summed E-state index contributed by atoms with van der Waals surface area (Å²) in [5, 5.41) is 1.78. The first-order valence-electron chi connectivity index (χ1n) is 7.06. The minimum atomic E-state index is -4.45. The summed E-state index contributed by atoms with van der Waals surface area (Å²) in [5.41, 5.74) is -0.615. The van der Waals surface area contributed by atoms with Crippen molar-refractivity contribution in [3.63, 3.8) is 0 Å². The van der Waals surface area contributed by atoms with E-state index in [0.29, 0.717) is 0 Å². The SMILES string of the molecule is Cn1c(=O)c2c(ncn2CCCC(=O)NCC(F)(F)F)n(C)c1=O. The number of rotatable bonds is 5. The summed E-state index contributed by atoms with van der Waals surface area (Å²) in [6.45, 7) is -1.16. The van der Waals surface area contributed by atoms with E-state index in [1.165, 1.54) is 29.6 Å². The molecule has 2 aromatic rings. The Morgan fingerprint density at radius 2 is 1.92 bits per heavy atom. The number of amides is 1. The summed E-state index contributed by atoms with van der Waals surface area (Å²) in [6.07, 6.45) is -2.99. The molecule has 2 rings (SSSR count). The molecule has 0 aliphatic heterocycles. The van der Waals surface area contributed by atoms with Gasteiger partial charge in [-0.3, -0.25) is 18.7 Å². The van der Waals surface area contributed by atoms with E-state index in [1.54, 1.807) is 5.32 Å². The van der Waals surface area contributed by atoms with Gasteiger partial charge in [-0.2, -0.15) is 13.2 Å². The van der Waals surface area contributed by atoms with E-state index in [4.69, 9.17) is 0 Å². The Balaban J connectivity index is 2.08. The number of imidazole rings is 1. The van der Waals surface area contributed by atoms with Crippen LogP contribution >= 0.6 is 0 Å². The quantitative estimate of drug-likeness (QED) is 0.817. The molecule has 2 aromatic heterocycles. The smallest absolute Gasteiger partial charge is 0.347 e. The Morgan fingerprint density at radius 1 is 1.25 bits per heavy atom. The Hall–Kier alpha value is -2.59. The lowest BCUT2D eigenvalue weighted by molar-refractivity contribution is -0.138. The number of hydrogen-bond donors (Lipinski definition) is 1. The normalized spacial score (nSPS) is 11.9. The van der Waals surface area contributed by atoms with Gasteiger partial charge < -0.3 is 9.88 Å². The third-order valence-electron chi connectivity index (χ3n) is 3.51. The highest BCUT2D eigenvalue weighted by Gasteiger charge is 2.27. The number of alkyl halides is 3. The van der Waals surface area contributed by atoms with Gasteiger partial charge in [0.2, 0.25) is 5.91 Å².